The van der Waals surface area contributed by atoms with Gasteiger partial charge in [-0.25, -0.2) is 4.39 Å². The minimum absolute atomic E-state index is 0.300. The lowest BCUT2D eigenvalue weighted by atomic mass is 10.1. The third-order valence-corrected chi connectivity index (χ3v) is 5.18. The Balaban J connectivity index is 1.63. The molecule has 3 aromatic carbocycles. The summed E-state index contributed by atoms with van der Waals surface area (Å²) in [5, 5.41) is 8.20. The standard InChI is InChI=1S/C25H20ClFN4O/c1-17-6-11-19(12-7-17)24-29-25(28-16-20-4-2-3-5-22(20)26)31(30-24)23(32)15-10-18-8-13-21(27)14-9-18/h2-15H,16H2,1H3,(H,28,29,30). The first-order chi connectivity index (χ1) is 15.5. The number of carbonyl (C=O) groups is 1. The fraction of sp³-hybridized carbons (Fsp3) is 0.0800. The van der Waals surface area contributed by atoms with Gasteiger partial charge in [-0.2, -0.15) is 9.67 Å². The molecule has 32 heavy (non-hydrogen) atoms. The first kappa shape index (κ1) is 21.5. The van der Waals surface area contributed by atoms with Crippen LogP contribution in [0.25, 0.3) is 17.5 Å². The van der Waals surface area contributed by atoms with Crippen LogP contribution in [0.15, 0.2) is 78.9 Å². The van der Waals surface area contributed by atoms with Crippen molar-refractivity contribution in [2.24, 2.45) is 0 Å². The third-order valence-electron chi connectivity index (χ3n) is 4.81. The molecule has 1 aromatic heterocycles. The molecule has 0 unspecified atom stereocenters. The molecule has 4 aromatic rings. The van der Waals surface area contributed by atoms with Gasteiger partial charge in [0.15, 0.2) is 5.82 Å². The smallest absolute Gasteiger partial charge is 0.274 e. The number of rotatable bonds is 6. The molecule has 0 spiro atoms. The highest BCUT2D eigenvalue weighted by atomic mass is 35.5. The van der Waals surface area contributed by atoms with Crippen LogP contribution in [0.1, 0.15) is 21.5 Å². The van der Waals surface area contributed by atoms with E-state index in [9.17, 15) is 9.18 Å². The van der Waals surface area contributed by atoms with Gasteiger partial charge >= 0.3 is 0 Å². The van der Waals surface area contributed by atoms with Crippen molar-refractivity contribution in [3.8, 4) is 11.4 Å². The van der Waals surface area contributed by atoms with Crippen LogP contribution in [0.5, 0.6) is 0 Å². The molecule has 0 aliphatic carbocycles. The van der Waals surface area contributed by atoms with Crippen LogP contribution < -0.4 is 5.32 Å². The summed E-state index contributed by atoms with van der Waals surface area (Å²) >= 11 is 6.25. The predicted octanol–water partition coefficient (Wildman–Crippen LogP) is 6.01. The Morgan fingerprint density at radius 1 is 1.06 bits per heavy atom. The Hall–Kier alpha value is -3.77. The van der Waals surface area contributed by atoms with Crippen molar-refractivity contribution in [2.75, 3.05) is 5.32 Å². The number of nitrogens with zero attached hydrogens (tertiary/aromatic N) is 3. The Morgan fingerprint density at radius 3 is 2.50 bits per heavy atom. The van der Waals surface area contributed by atoms with E-state index in [0.717, 1.165) is 16.7 Å². The lowest BCUT2D eigenvalue weighted by Gasteiger charge is -2.07. The molecule has 4 rings (SSSR count). The lowest BCUT2D eigenvalue weighted by molar-refractivity contribution is 0.0957. The first-order valence-corrected chi connectivity index (χ1v) is 10.4. The van der Waals surface area contributed by atoms with E-state index in [1.54, 1.807) is 24.3 Å². The average molecular weight is 447 g/mol. The molecule has 160 valence electrons. The summed E-state index contributed by atoms with van der Waals surface area (Å²) in [6.45, 7) is 2.37. The summed E-state index contributed by atoms with van der Waals surface area (Å²) in [6, 6.07) is 21.0. The largest absolute Gasteiger partial charge is 0.350 e. The van der Waals surface area contributed by atoms with Crippen LogP contribution in [-0.4, -0.2) is 20.7 Å². The second-order valence-corrected chi connectivity index (χ2v) is 7.61. The fourth-order valence-corrected chi connectivity index (χ4v) is 3.24. The van der Waals surface area contributed by atoms with Crippen molar-refractivity contribution in [1.29, 1.82) is 0 Å². The van der Waals surface area contributed by atoms with Gasteiger partial charge in [0.2, 0.25) is 5.95 Å². The maximum atomic E-state index is 13.1. The molecule has 0 amide bonds. The quantitative estimate of drug-likeness (QED) is 0.368. The number of benzene rings is 3. The van der Waals surface area contributed by atoms with Crippen LogP contribution in [0.2, 0.25) is 5.02 Å². The molecule has 1 N–H and O–H groups in total. The average Bonchev–Trinajstić information content (AvgIpc) is 3.23. The van der Waals surface area contributed by atoms with E-state index in [1.165, 1.54) is 22.9 Å². The highest BCUT2D eigenvalue weighted by Crippen LogP contribution is 2.21. The zero-order valence-electron chi connectivity index (χ0n) is 17.3. The third kappa shape index (κ3) is 5.10. The van der Waals surface area contributed by atoms with E-state index in [1.807, 2.05) is 49.4 Å². The molecular weight excluding hydrogens is 427 g/mol. The second-order valence-electron chi connectivity index (χ2n) is 7.20. The molecule has 0 saturated heterocycles. The molecule has 5 nitrogen and oxygen atoms in total. The maximum Gasteiger partial charge on any atom is 0.274 e. The maximum absolute atomic E-state index is 13.1. The summed E-state index contributed by atoms with van der Waals surface area (Å²) in [6.07, 6.45) is 2.98. The molecule has 0 fully saturated rings. The number of aromatic nitrogens is 3. The van der Waals surface area contributed by atoms with Gasteiger partial charge in [-0.3, -0.25) is 4.79 Å². The van der Waals surface area contributed by atoms with Gasteiger partial charge in [-0.15, -0.1) is 5.10 Å². The Labute approximate surface area is 190 Å². The van der Waals surface area contributed by atoms with Gasteiger partial charge in [-0.05, 0) is 42.3 Å². The normalized spacial score (nSPS) is 11.1. The van der Waals surface area contributed by atoms with Crippen molar-refractivity contribution in [2.45, 2.75) is 13.5 Å². The van der Waals surface area contributed by atoms with E-state index in [0.29, 0.717) is 28.9 Å². The summed E-state index contributed by atoms with van der Waals surface area (Å²) in [5.41, 5.74) is 3.48. The number of hydrogen-bond acceptors (Lipinski definition) is 4. The van der Waals surface area contributed by atoms with Gasteiger partial charge in [0, 0.05) is 23.2 Å². The van der Waals surface area contributed by atoms with Crippen molar-refractivity contribution < 1.29 is 9.18 Å². The van der Waals surface area contributed by atoms with Gasteiger partial charge in [-0.1, -0.05) is 71.8 Å². The fourth-order valence-electron chi connectivity index (χ4n) is 3.03. The molecule has 7 heteroatoms. The van der Waals surface area contributed by atoms with Crippen LogP contribution >= 0.6 is 11.6 Å². The first-order valence-electron chi connectivity index (χ1n) is 9.99. The van der Waals surface area contributed by atoms with Crippen molar-refractivity contribution in [3.05, 3.63) is 106 Å². The molecule has 0 aliphatic heterocycles. The van der Waals surface area contributed by atoms with Crippen LogP contribution in [0.3, 0.4) is 0 Å². The Kier molecular flexibility index (Phi) is 6.42. The lowest BCUT2D eigenvalue weighted by Crippen LogP contribution is -2.14. The topological polar surface area (TPSA) is 59.8 Å². The summed E-state index contributed by atoms with van der Waals surface area (Å²) in [7, 11) is 0. The zero-order chi connectivity index (χ0) is 22.5. The summed E-state index contributed by atoms with van der Waals surface area (Å²) < 4.78 is 14.3. The van der Waals surface area contributed by atoms with Crippen LogP contribution in [-0.2, 0) is 6.54 Å². The number of carbonyl (C=O) groups excluding carboxylic acids is 1. The Bertz CT molecular complexity index is 1260. The van der Waals surface area contributed by atoms with Crippen molar-refractivity contribution >= 4 is 29.5 Å². The monoisotopic (exact) mass is 446 g/mol. The van der Waals surface area contributed by atoms with E-state index in [4.69, 9.17) is 11.6 Å². The van der Waals surface area contributed by atoms with E-state index in [2.05, 4.69) is 15.4 Å². The number of aryl methyl sites for hydroxylation is 1. The van der Waals surface area contributed by atoms with Crippen molar-refractivity contribution in [1.82, 2.24) is 14.8 Å². The van der Waals surface area contributed by atoms with Crippen LogP contribution in [0.4, 0.5) is 10.3 Å². The highest BCUT2D eigenvalue weighted by Gasteiger charge is 2.16. The van der Waals surface area contributed by atoms with E-state index < -0.39 is 0 Å². The van der Waals surface area contributed by atoms with Gasteiger partial charge < -0.3 is 5.32 Å². The zero-order valence-corrected chi connectivity index (χ0v) is 18.1. The number of nitrogens with one attached hydrogen (secondary N) is 1. The van der Waals surface area contributed by atoms with Crippen LogP contribution in [0, 0.1) is 12.7 Å². The molecule has 0 radical (unpaired) electrons. The van der Waals surface area contributed by atoms with Gasteiger partial charge in [0.25, 0.3) is 5.91 Å². The second kappa shape index (κ2) is 9.58. The Morgan fingerprint density at radius 2 is 1.78 bits per heavy atom. The SMILES string of the molecule is Cc1ccc(-c2nc(NCc3ccccc3Cl)n(C(=O)C=Cc3ccc(F)cc3)n2)cc1. The highest BCUT2D eigenvalue weighted by molar-refractivity contribution is 6.31. The number of hydrogen-bond donors (Lipinski definition) is 1. The van der Waals surface area contributed by atoms with E-state index in [-0.39, 0.29) is 11.7 Å². The predicted molar refractivity (Wildman–Crippen MR) is 125 cm³/mol. The summed E-state index contributed by atoms with van der Waals surface area (Å²) in [5.74, 6) is 0.00448. The van der Waals surface area contributed by atoms with Crippen molar-refractivity contribution in [3.63, 3.8) is 0 Å². The molecule has 0 atom stereocenters. The molecule has 0 aliphatic rings. The number of allylic oxidation sites excluding steroid dienone is 1. The number of halogens is 2. The van der Waals surface area contributed by atoms with Gasteiger partial charge in [0.05, 0.1) is 0 Å². The summed E-state index contributed by atoms with van der Waals surface area (Å²) in [4.78, 5) is 17.5. The molecule has 0 saturated carbocycles. The number of anilines is 1. The molecule has 1 heterocycles. The van der Waals surface area contributed by atoms with E-state index >= 15 is 0 Å². The minimum Gasteiger partial charge on any atom is -0.350 e. The van der Waals surface area contributed by atoms with Gasteiger partial charge in [0.1, 0.15) is 5.82 Å². The molecular formula is C25H20ClFN4O. The minimum atomic E-state index is -0.387. The molecule has 0 bridgehead atoms.